The average molecular weight is 426 g/mol. The van der Waals surface area contributed by atoms with Crippen molar-refractivity contribution in [1.29, 1.82) is 0 Å². The Kier molecular flexibility index (Phi) is 6.49. The van der Waals surface area contributed by atoms with E-state index in [-0.39, 0.29) is 18.5 Å². The molecule has 1 N–H and O–H groups in total. The molecule has 0 bridgehead atoms. The molecular weight excluding hydrogens is 401 g/mol. The van der Waals surface area contributed by atoms with E-state index in [2.05, 4.69) is 17.0 Å². The molecule has 0 amide bonds. The molecular formula is C25H25ClFNO2. The number of hydrogen-bond acceptors (Lipinski definition) is 3. The van der Waals surface area contributed by atoms with E-state index >= 15 is 0 Å². The molecule has 5 heteroatoms. The third kappa shape index (κ3) is 4.14. The molecule has 1 aliphatic rings. The second kappa shape index (κ2) is 9.27. The van der Waals surface area contributed by atoms with E-state index < -0.39 is 5.41 Å². The normalized spacial score (nSPS) is 19.4. The van der Waals surface area contributed by atoms with Crippen LogP contribution in [0.3, 0.4) is 0 Å². The summed E-state index contributed by atoms with van der Waals surface area (Å²) in [5.41, 5.74) is 1.64. The molecule has 1 heterocycles. The summed E-state index contributed by atoms with van der Waals surface area (Å²) in [6.45, 7) is 2.45. The maximum Gasteiger partial charge on any atom is 0.123 e. The lowest BCUT2D eigenvalue weighted by Gasteiger charge is -2.45. The van der Waals surface area contributed by atoms with Gasteiger partial charge in [0.25, 0.3) is 0 Å². The molecule has 3 aromatic carbocycles. The third-order valence-corrected chi connectivity index (χ3v) is 6.22. The quantitative estimate of drug-likeness (QED) is 0.623. The van der Waals surface area contributed by atoms with E-state index in [0.29, 0.717) is 23.7 Å². The van der Waals surface area contributed by atoms with Gasteiger partial charge in [-0.2, -0.15) is 0 Å². The van der Waals surface area contributed by atoms with Crippen LogP contribution in [0.15, 0.2) is 78.9 Å². The van der Waals surface area contributed by atoms with Gasteiger partial charge < -0.3 is 9.84 Å². The minimum absolute atomic E-state index is 0.246. The van der Waals surface area contributed by atoms with Crippen LogP contribution in [0, 0.1) is 5.82 Å². The summed E-state index contributed by atoms with van der Waals surface area (Å²) < 4.78 is 20.4. The minimum Gasteiger partial charge on any atom is -0.395 e. The first kappa shape index (κ1) is 21.0. The van der Waals surface area contributed by atoms with Crippen molar-refractivity contribution in [2.24, 2.45) is 0 Å². The number of benzene rings is 3. The predicted octanol–water partition coefficient (Wildman–Crippen LogP) is 4.66. The molecule has 0 aromatic heterocycles. The van der Waals surface area contributed by atoms with Crippen molar-refractivity contribution in [2.75, 3.05) is 26.3 Å². The fraction of sp³-hybridized carbons (Fsp3) is 0.280. The van der Waals surface area contributed by atoms with Crippen molar-refractivity contribution < 1.29 is 14.2 Å². The van der Waals surface area contributed by atoms with E-state index in [9.17, 15) is 9.50 Å². The first-order valence-corrected chi connectivity index (χ1v) is 10.5. The molecule has 0 aliphatic carbocycles. The SMILES string of the molecule is OCC(c1cccc(F)c1)(c1ccccc1Cl)C1CN(Cc2ccccc2)CCO1. The summed E-state index contributed by atoms with van der Waals surface area (Å²) >= 11 is 6.59. The van der Waals surface area contributed by atoms with E-state index in [1.807, 2.05) is 42.5 Å². The van der Waals surface area contributed by atoms with Gasteiger partial charge in [0, 0.05) is 24.7 Å². The van der Waals surface area contributed by atoms with Gasteiger partial charge >= 0.3 is 0 Å². The van der Waals surface area contributed by atoms with Crippen LogP contribution in [0.5, 0.6) is 0 Å². The van der Waals surface area contributed by atoms with Gasteiger partial charge in [0.05, 0.1) is 24.7 Å². The summed E-state index contributed by atoms with van der Waals surface area (Å²) in [5, 5.41) is 11.3. The number of hydrogen-bond donors (Lipinski definition) is 1. The monoisotopic (exact) mass is 425 g/mol. The van der Waals surface area contributed by atoms with Gasteiger partial charge in [-0.3, -0.25) is 4.90 Å². The second-order valence-electron chi connectivity index (χ2n) is 7.70. The zero-order valence-corrected chi connectivity index (χ0v) is 17.4. The fourth-order valence-corrected chi connectivity index (χ4v) is 4.67. The molecule has 2 atom stereocenters. The Morgan fingerprint density at radius 1 is 1.03 bits per heavy atom. The van der Waals surface area contributed by atoms with Gasteiger partial charge in [-0.15, -0.1) is 0 Å². The van der Waals surface area contributed by atoms with Crippen molar-refractivity contribution >= 4 is 11.6 Å². The summed E-state index contributed by atoms with van der Waals surface area (Å²) in [7, 11) is 0. The molecule has 0 radical (unpaired) electrons. The Morgan fingerprint density at radius 3 is 2.53 bits per heavy atom. The van der Waals surface area contributed by atoms with Gasteiger partial charge in [0.15, 0.2) is 0 Å². The van der Waals surface area contributed by atoms with Crippen molar-refractivity contribution in [2.45, 2.75) is 18.1 Å². The Balaban J connectivity index is 1.75. The standard InChI is InChI=1S/C25H25ClFNO2/c26-23-12-5-4-11-22(23)25(18-29,20-9-6-10-21(27)15-20)24-17-28(13-14-30-24)16-19-7-2-1-3-8-19/h1-12,15,24,29H,13-14,16-18H2. The average Bonchev–Trinajstić information content (AvgIpc) is 2.77. The number of halogens is 2. The maximum atomic E-state index is 14.2. The number of aliphatic hydroxyl groups excluding tert-OH is 1. The van der Waals surface area contributed by atoms with Crippen LogP contribution in [0.25, 0.3) is 0 Å². The van der Waals surface area contributed by atoms with Gasteiger partial charge in [-0.05, 0) is 34.9 Å². The summed E-state index contributed by atoms with van der Waals surface area (Å²) in [5.74, 6) is -0.352. The lowest BCUT2D eigenvalue weighted by Crippen LogP contribution is -2.55. The van der Waals surface area contributed by atoms with Crippen LogP contribution in [0.1, 0.15) is 16.7 Å². The minimum atomic E-state index is -0.976. The van der Waals surface area contributed by atoms with Crippen LogP contribution in [0.2, 0.25) is 5.02 Å². The van der Waals surface area contributed by atoms with Crippen LogP contribution < -0.4 is 0 Å². The number of morpholine rings is 1. The molecule has 0 saturated carbocycles. The van der Waals surface area contributed by atoms with E-state index in [4.69, 9.17) is 16.3 Å². The third-order valence-electron chi connectivity index (χ3n) is 5.89. The molecule has 1 saturated heterocycles. The number of aliphatic hydroxyl groups is 1. The molecule has 1 aliphatic heterocycles. The highest BCUT2D eigenvalue weighted by atomic mass is 35.5. The summed E-state index contributed by atoms with van der Waals surface area (Å²) in [6, 6.07) is 24.1. The zero-order valence-electron chi connectivity index (χ0n) is 16.7. The van der Waals surface area contributed by atoms with Crippen molar-refractivity contribution in [3.05, 3.63) is 106 Å². The Labute approximate surface area is 181 Å². The fourth-order valence-electron chi connectivity index (χ4n) is 4.37. The van der Waals surface area contributed by atoms with Crippen LogP contribution in [-0.2, 0) is 16.7 Å². The van der Waals surface area contributed by atoms with Gasteiger partial charge in [-0.25, -0.2) is 4.39 Å². The van der Waals surface area contributed by atoms with Crippen molar-refractivity contribution in [1.82, 2.24) is 4.90 Å². The highest BCUT2D eigenvalue weighted by Gasteiger charge is 2.46. The van der Waals surface area contributed by atoms with Crippen molar-refractivity contribution in [3.63, 3.8) is 0 Å². The maximum absolute atomic E-state index is 14.2. The Morgan fingerprint density at radius 2 is 1.80 bits per heavy atom. The molecule has 3 aromatic rings. The first-order chi connectivity index (χ1) is 14.6. The topological polar surface area (TPSA) is 32.7 Å². The lowest BCUT2D eigenvalue weighted by atomic mass is 9.70. The molecule has 0 spiro atoms. The molecule has 3 nitrogen and oxygen atoms in total. The van der Waals surface area contributed by atoms with Crippen LogP contribution >= 0.6 is 11.6 Å². The smallest absolute Gasteiger partial charge is 0.123 e. The Bertz CT molecular complexity index is 984. The highest BCUT2D eigenvalue weighted by Crippen LogP contribution is 2.41. The van der Waals surface area contributed by atoms with Gasteiger partial charge in [0.2, 0.25) is 0 Å². The highest BCUT2D eigenvalue weighted by molar-refractivity contribution is 6.31. The van der Waals surface area contributed by atoms with Crippen molar-refractivity contribution in [3.8, 4) is 0 Å². The Hall–Kier alpha value is -2.24. The zero-order chi connectivity index (χ0) is 21.0. The molecule has 2 unspecified atom stereocenters. The van der Waals surface area contributed by atoms with Gasteiger partial charge in [0.1, 0.15) is 5.82 Å². The van der Waals surface area contributed by atoms with E-state index in [1.165, 1.54) is 17.7 Å². The molecule has 156 valence electrons. The van der Waals surface area contributed by atoms with E-state index in [1.54, 1.807) is 12.1 Å². The number of nitrogens with zero attached hydrogens (tertiary/aromatic N) is 1. The molecule has 30 heavy (non-hydrogen) atoms. The molecule has 4 rings (SSSR count). The van der Waals surface area contributed by atoms with E-state index in [0.717, 1.165) is 18.7 Å². The van der Waals surface area contributed by atoms with Gasteiger partial charge in [-0.1, -0.05) is 72.3 Å². The largest absolute Gasteiger partial charge is 0.395 e. The number of ether oxygens (including phenoxy) is 1. The predicted molar refractivity (Wildman–Crippen MR) is 117 cm³/mol. The lowest BCUT2D eigenvalue weighted by molar-refractivity contribution is -0.0733. The van der Waals surface area contributed by atoms with Crippen LogP contribution in [-0.4, -0.2) is 42.4 Å². The number of rotatable bonds is 6. The molecule has 1 fully saturated rings. The first-order valence-electron chi connectivity index (χ1n) is 10.1. The van der Waals surface area contributed by atoms with Crippen LogP contribution in [0.4, 0.5) is 4.39 Å². The summed E-state index contributed by atoms with van der Waals surface area (Å²) in [4.78, 5) is 2.31. The second-order valence-corrected chi connectivity index (χ2v) is 8.11. The summed E-state index contributed by atoms with van der Waals surface area (Å²) in [6.07, 6.45) is -0.387.